The van der Waals surface area contributed by atoms with Crippen LogP contribution >= 0.6 is 0 Å². The van der Waals surface area contributed by atoms with E-state index >= 15 is 0 Å². The number of allylic oxidation sites excluding steroid dienone is 3. The second kappa shape index (κ2) is 5.07. The Morgan fingerprint density at radius 1 is 0.957 bits per heavy atom. The Bertz CT molecular complexity index is 852. The van der Waals surface area contributed by atoms with Crippen LogP contribution in [0.25, 0.3) is 11.6 Å². The van der Waals surface area contributed by atoms with Gasteiger partial charge in [0.25, 0.3) is 0 Å². The molecule has 116 valence electrons. The van der Waals surface area contributed by atoms with Crippen molar-refractivity contribution in [2.45, 2.75) is 39.3 Å². The normalized spacial score (nSPS) is 19.7. The lowest BCUT2D eigenvalue weighted by Gasteiger charge is -2.30. The van der Waals surface area contributed by atoms with Gasteiger partial charge in [-0.15, -0.1) is 0 Å². The quantitative estimate of drug-likeness (QED) is 0.596. The van der Waals surface area contributed by atoms with Gasteiger partial charge in [-0.05, 0) is 47.1 Å². The molecule has 2 aromatic rings. The van der Waals surface area contributed by atoms with Gasteiger partial charge in [-0.2, -0.15) is 0 Å². The van der Waals surface area contributed by atoms with Gasteiger partial charge in [0.1, 0.15) is 8.07 Å². The monoisotopic (exact) mass is 316 g/mol. The third-order valence-electron chi connectivity index (χ3n) is 5.96. The number of rotatable bonds is 2. The van der Waals surface area contributed by atoms with E-state index in [1.54, 1.807) is 16.0 Å². The van der Waals surface area contributed by atoms with Gasteiger partial charge >= 0.3 is 0 Å². The van der Waals surface area contributed by atoms with Crippen LogP contribution in [0, 0.1) is 0 Å². The van der Waals surface area contributed by atoms with Crippen LogP contribution in [-0.2, 0) is 6.42 Å². The fraction of sp³-hybridized carbons (Fsp3) is 0.273. The standard InChI is InChI=1S/C22H24Si/c1-15-19-11-7-5-9-17(19)13-21(15)23(3,4)22-14-18-10-6-8-12-20(18)16(22)2/h5-13,15H,14H2,1-4H3. The number of fused-ring (bicyclic) bond motifs is 2. The molecule has 0 saturated heterocycles. The Kier molecular flexibility index (Phi) is 3.24. The van der Waals surface area contributed by atoms with Gasteiger partial charge in [0.05, 0.1) is 0 Å². The second-order valence-corrected chi connectivity index (χ2v) is 11.9. The predicted octanol–water partition coefficient (Wildman–Crippen LogP) is 6.00. The topological polar surface area (TPSA) is 0 Å². The molecule has 2 aliphatic carbocycles. The van der Waals surface area contributed by atoms with E-state index in [0.717, 1.165) is 6.42 Å². The van der Waals surface area contributed by atoms with Crippen LogP contribution in [0.2, 0.25) is 13.1 Å². The molecule has 0 fully saturated rings. The molecule has 0 amide bonds. The molecule has 1 atom stereocenters. The van der Waals surface area contributed by atoms with E-state index in [9.17, 15) is 0 Å². The summed E-state index contributed by atoms with van der Waals surface area (Å²) in [6.07, 6.45) is 3.65. The zero-order valence-corrected chi connectivity index (χ0v) is 15.5. The zero-order valence-electron chi connectivity index (χ0n) is 14.5. The van der Waals surface area contributed by atoms with E-state index in [1.807, 2.05) is 0 Å². The molecular formula is C22H24Si. The lowest BCUT2D eigenvalue weighted by Crippen LogP contribution is -2.34. The van der Waals surface area contributed by atoms with E-state index in [2.05, 4.69) is 81.5 Å². The fourth-order valence-electron chi connectivity index (χ4n) is 4.61. The van der Waals surface area contributed by atoms with Crippen LogP contribution < -0.4 is 0 Å². The number of hydrogen-bond donors (Lipinski definition) is 0. The molecule has 2 aliphatic rings. The van der Waals surface area contributed by atoms with Gasteiger partial charge in [-0.1, -0.05) is 85.0 Å². The van der Waals surface area contributed by atoms with Gasteiger partial charge in [-0.25, -0.2) is 0 Å². The molecule has 0 spiro atoms. The SMILES string of the molecule is CC1=C([Si](C)(C)C2=Cc3ccccc3C2C)Cc2ccccc21. The summed E-state index contributed by atoms with van der Waals surface area (Å²) in [6.45, 7) is 9.82. The Hall–Kier alpha value is -1.86. The minimum Gasteiger partial charge on any atom is -0.0687 e. The first kappa shape index (κ1) is 14.7. The highest BCUT2D eigenvalue weighted by molar-refractivity contribution is 6.92. The predicted molar refractivity (Wildman–Crippen MR) is 103 cm³/mol. The van der Waals surface area contributed by atoms with Crippen LogP contribution in [0.1, 0.15) is 42.0 Å². The van der Waals surface area contributed by atoms with Crippen LogP contribution in [0.4, 0.5) is 0 Å². The lowest BCUT2D eigenvalue weighted by atomic mass is 10.0. The van der Waals surface area contributed by atoms with Crippen LogP contribution in [-0.4, -0.2) is 8.07 Å². The Balaban J connectivity index is 1.78. The summed E-state index contributed by atoms with van der Waals surface area (Å²) in [5, 5.41) is 3.42. The van der Waals surface area contributed by atoms with Crippen molar-refractivity contribution in [3.8, 4) is 0 Å². The first-order chi connectivity index (χ1) is 11.0. The summed E-state index contributed by atoms with van der Waals surface area (Å²) in [7, 11) is -1.62. The third-order valence-corrected chi connectivity index (χ3v) is 10.0. The molecule has 1 heteroatoms. The summed E-state index contributed by atoms with van der Waals surface area (Å²) in [5.74, 6) is 0.567. The third kappa shape index (κ3) is 2.10. The molecule has 0 radical (unpaired) electrons. The number of hydrogen-bond acceptors (Lipinski definition) is 0. The van der Waals surface area contributed by atoms with Crippen LogP contribution in [0.15, 0.2) is 58.9 Å². The van der Waals surface area contributed by atoms with Gasteiger partial charge in [0.15, 0.2) is 0 Å². The summed E-state index contributed by atoms with van der Waals surface area (Å²) in [4.78, 5) is 0. The maximum absolute atomic E-state index is 2.55. The molecule has 0 N–H and O–H groups in total. The Morgan fingerprint density at radius 2 is 1.65 bits per heavy atom. The maximum Gasteiger partial charge on any atom is 0.104 e. The molecule has 0 heterocycles. The van der Waals surface area contributed by atoms with Crippen molar-refractivity contribution < 1.29 is 0 Å². The molecule has 2 aromatic carbocycles. The first-order valence-corrected chi connectivity index (χ1v) is 11.6. The Labute approximate surface area is 140 Å². The lowest BCUT2D eigenvalue weighted by molar-refractivity contribution is 0.958. The van der Waals surface area contributed by atoms with Crippen LogP contribution in [0.5, 0.6) is 0 Å². The van der Waals surface area contributed by atoms with E-state index in [4.69, 9.17) is 0 Å². The van der Waals surface area contributed by atoms with Crippen molar-refractivity contribution in [2.24, 2.45) is 0 Å². The molecule has 23 heavy (non-hydrogen) atoms. The smallest absolute Gasteiger partial charge is 0.0687 e. The minimum atomic E-state index is -1.62. The van der Waals surface area contributed by atoms with Crippen LogP contribution in [0.3, 0.4) is 0 Å². The average molecular weight is 317 g/mol. The summed E-state index contributed by atoms with van der Waals surface area (Å²) >= 11 is 0. The molecule has 0 bridgehead atoms. The molecule has 4 rings (SSSR count). The zero-order chi connectivity index (χ0) is 16.2. The maximum atomic E-state index is 2.55. The van der Waals surface area contributed by atoms with Crippen molar-refractivity contribution in [1.82, 2.24) is 0 Å². The van der Waals surface area contributed by atoms with Crippen molar-refractivity contribution in [2.75, 3.05) is 0 Å². The summed E-state index contributed by atoms with van der Waals surface area (Å²) in [6, 6.07) is 17.9. The Morgan fingerprint density at radius 3 is 2.39 bits per heavy atom. The van der Waals surface area contributed by atoms with Gasteiger partial charge < -0.3 is 0 Å². The summed E-state index contributed by atoms with van der Waals surface area (Å²) < 4.78 is 0. The van der Waals surface area contributed by atoms with Gasteiger partial charge in [0.2, 0.25) is 0 Å². The van der Waals surface area contributed by atoms with E-state index in [0.29, 0.717) is 5.92 Å². The molecule has 0 saturated carbocycles. The van der Waals surface area contributed by atoms with E-state index in [1.165, 1.54) is 22.3 Å². The molecule has 0 aliphatic heterocycles. The molecule has 0 aromatic heterocycles. The number of benzene rings is 2. The highest BCUT2D eigenvalue weighted by atomic mass is 28.3. The highest BCUT2D eigenvalue weighted by Gasteiger charge is 2.39. The second-order valence-electron chi connectivity index (χ2n) is 7.51. The summed E-state index contributed by atoms with van der Waals surface area (Å²) in [5.41, 5.74) is 7.48. The van der Waals surface area contributed by atoms with Crippen molar-refractivity contribution in [3.63, 3.8) is 0 Å². The minimum absolute atomic E-state index is 0.567. The molecule has 1 unspecified atom stereocenters. The van der Waals surface area contributed by atoms with E-state index in [-0.39, 0.29) is 0 Å². The fourth-order valence-corrected chi connectivity index (χ4v) is 8.42. The van der Waals surface area contributed by atoms with Gasteiger partial charge in [-0.3, -0.25) is 0 Å². The highest BCUT2D eigenvalue weighted by Crippen LogP contribution is 2.46. The van der Waals surface area contributed by atoms with Crippen molar-refractivity contribution >= 4 is 19.7 Å². The van der Waals surface area contributed by atoms with Crippen molar-refractivity contribution in [1.29, 1.82) is 0 Å². The first-order valence-electron chi connectivity index (χ1n) is 8.59. The van der Waals surface area contributed by atoms with Gasteiger partial charge in [0, 0.05) is 0 Å². The average Bonchev–Trinajstić information content (AvgIpc) is 3.07. The van der Waals surface area contributed by atoms with Crippen molar-refractivity contribution in [3.05, 3.63) is 81.2 Å². The largest absolute Gasteiger partial charge is 0.104 e. The molecule has 0 nitrogen and oxygen atoms in total. The van der Waals surface area contributed by atoms with E-state index < -0.39 is 8.07 Å². The molecular weight excluding hydrogens is 292 g/mol.